The van der Waals surface area contributed by atoms with Gasteiger partial charge in [0.05, 0.1) is 12.6 Å². The van der Waals surface area contributed by atoms with Crippen molar-refractivity contribution in [1.82, 2.24) is 10.2 Å². The molecule has 0 aliphatic rings. The van der Waals surface area contributed by atoms with E-state index in [0.717, 1.165) is 19.4 Å². The van der Waals surface area contributed by atoms with Crippen LogP contribution in [0.2, 0.25) is 0 Å². The maximum Gasteiger partial charge on any atom is 0.234 e. The van der Waals surface area contributed by atoms with E-state index in [0.29, 0.717) is 19.5 Å². The van der Waals surface area contributed by atoms with Crippen LogP contribution < -0.4 is 5.32 Å². The Morgan fingerprint density at radius 1 is 1.50 bits per heavy atom. The van der Waals surface area contributed by atoms with Gasteiger partial charge in [-0.3, -0.25) is 9.69 Å². The molecule has 0 fully saturated rings. The molecule has 0 atom stereocenters. The molecule has 1 amide bonds. The summed E-state index contributed by atoms with van der Waals surface area (Å²) in [5, 5.41) is 11.1. The Kier molecular flexibility index (Phi) is 7.86. The Balaban J connectivity index is 3.41. The molecular weight excluding hydrogens is 178 g/mol. The minimum absolute atomic E-state index is 0.0651. The van der Waals surface area contributed by atoms with Gasteiger partial charge in [0.1, 0.15) is 0 Å². The fourth-order valence-electron chi connectivity index (χ4n) is 1.16. The van der Waals surface area contributed by atoms with Crippen LogP contribution in [0.5, 0.6) is 0 Å². The maximum atomic E-state index is 11.1. The Labute approximate surface area is 85.9 Å². The van der Waals surface area contributed by atoms with Gasteiger partial charge in [-0.25, -0.2) is 0 Å². The van der Waals surface area contributed by atoms with Crippen molar-refractivity contribution in [2.75, 3.05) is 26.7 Å². The lowest BCUT2D eigenvalue weighted by Gasteiger charge is -2.15. The van der Waals surface area contributed by atoms with Crippen LogP contribution in [0.3, 0.4) is 0 Å². The molecule has 0 bridgehead atoms. The Morgan fingerprint density at radius 3 is 2.79 bits per heavy atom. The van der Waals surface area contributed by atoms with Crippen LogP contribution in [0.25, 0.3) is 0 Å². The van der Waals surface area contributed by atoms with Gasteiger partial charge in [-0.2, -0.15) is 5.26 Å². The number of carbonyl (C=O) groups excluding carboxylic acids is 1. The van der Waals surface area contributed by atoms with E-state index < -0.39 is 0 Å². The number of rotatable bonds is 7. The van der Waals surface area contributed by atoms with Crippen LogP contribution >= 0.6 is 0 Å². The van der Waals surface area contributed by atoms with Crippen molar-refractivity contribution in [3.05, 3.63) is 0 Å². The predicted molar refractivity (Wildman–Crippen MR) is 55.6 cm³/mol. The fraction of sp³-hybridized carbons (Fsp3) is 0.800. The standard InChI is InChI=1S/C10H19N3O/c1-3-12-10(14)9-13(2)8-6-4-5-7-11/h3-6,8-9H2,1-2H3,(H,12,14). The van der Waals surface area contributed by atoms with Crippen molar-refractivity contribution >= 4 is 5.91 Å². The summed E-state index contributed by atoms with van der Waals surface area (Å²) >= 11 is 0. The third kappa shape index (κ3) is 7.56. The first kappa shape index (κ1) is 12.9. The van der Waals surface area contributed by atoms with Gasteiger partial charge in [-0.15, -0.1) is 0 Å². The van der Waals surface area contributed by atoms with Gasteiger partial charge in [-0.05, 0) is 33.4 Å². The number of carbonyl (C=O) groups is 1. The highest BCUT2D eigenvalue weighted by molar-refractivity contribution is 5.77. The second-order valence-electron chi connectivity index (χ2n) is 3.31. The van der Waals surface area contributed by atoms with Crippen LogP contribution in [0.15, 0.2) is 0 Å². The topological polar surface area (TPSA) is 56.1 Å². The van der Waals surface area contributed by atoms with Crippen LogP contribution in [0, 0.1) is 11.3 Å². The second-order valence-corrected chi connectivity index (χ2v) is 3.31. The summed E-state index contributed by atoms with van der Waals surface area (Å²) in [6.45, 7) is 3.91. The highest BCUT2D eigenvalue weighted by Gasteiger charge is 2.03. The van der Waals surface area contributed by atoms with E-state index in [1.54, 1.807) is 0 Å². The molecule has 0 aromatic carbocycles. The molecule has 0 aliphatic heterocycles. The summed E-state index contributed by atoms with van der Waals surface area (Å²) in [5.74, 6) is 0.0651. The van der Waals surface area contributed by atoms with Crippen LogP contribution in [0.4, 0.5) is 0 Å². The Morgan fingerprint density at radius 2 is 2.21 bits per heavy atom. The molecule has 0 aliphatic carbocycles. The van der Waals surface area contributed by atoms with E-state index in [2.05, 4.69) is 11.4 Å². The summed E-state index contributed by atoms with van der Waals surface area (Å²) in [6, 6.07) is 2.10. The Bertz CT molecular complexity index is 198. The van der Waals surface area contributed by atoms with Crippen molar-refractivity contribution in [3.63, 3.8) is 0 Å². The summed E-state index contributed by atoms with van der Waals surface area (Å²) in [5.41, 5.74) is 0. The minimum atomic E-state index is 0.0651. The molecule has 80 valence electrons. The Hall–Kier alpha value is -1.08. The highest BCUT2D eigenvalue weighted by atomic mass is 16.1. The molecule has 0 aromatic heterocycles. The van der Waals surface area contributed by atoms with E-state index >= 15 is 0 Å². The van der Waals surface area contributed by atoms with Gasteiger partial charge in [0.2, 0.25) is 5.91 Å². The third-order valence-corrected chi connectivity index (χ3v) is 1.87. The monoisotopic (exact) mass is 197 g/mol. The highest BCUT2D eigenvalue weighted by Crippen LogP contribution is 1.95. The van der Waals surface area contributed by atoms with E-state index in [1.165, 1.54) is 0 Å². The number of unbranched alkanes of at least 4 members (excludes halogenated alkanes) is 2. The predicted octanol–water partition coefficient (Wildman–Crippen LogP) is 0.748. The lowest BCUT2D eigenvalue weighted by Crippen LogP contribution is -2.35. The molecule has 0 saturated heterocycles. The van der Waals surface area contributed by atoms with Crippen molar-refractivity contribution in [2.24, 2.45) is 0 Å². The van der Waals surface area contributed by atoms with Crippen LogP contribution in [0.1, 0.15) is 26.2 Å². The van der Waals surface area contributed by atoms with Crippen molar-refractivity contribution in [3.8, 4) is 6.07 Å². The van der Waals surface area contributed by atoms with E-state index in [-0.39, 0.29) is 5.91 Å². The number of amides is 1. The average molecular weight is 197 g/mol. The smallest absolute Gasteiger partial charge is 0.234 e. The normalized spacial score (nSPS) is 9.86. The first-order valence-electron chi connectivity index (χ1n) is 5.03. The first-order chi connectivity index (χ1) is 6.70. The number of hydrogen-bond donors (Lipinski definition) is 1. The molecule has 4 nitrogen and oxygen atoms in total. The first-order valence-corrected chi connectivity index (χ1v) is 5.03. The zero-order chi connectivity index (χ0) is 10.8. The molecule has 1 N–H and O–H groups in total. The molecule has 0 aromatic rings. The molecular formula is C10H19N3O. The lowest BCUT2D eigenvalue weighted by atomic mass is 10.2. The van der Waals surface area contributed by atoms with E-state index in [1.807, 2.05) is 18.9 Å². The average Bonchev–Trinajstić information content (AvgIpc) is 2.13. The number of nitriles is 1. The van der Waals surface area contributed by atoms with Gasteiger partial charge < -0.3 is 5.32 Å². The number of hydrogen-bond acceptors (Lipinski definition) is 3. The van der Waals surface area contributed by atoms with Crippen LogP contribution in [-0.4, -0.2) is 37.5 Å². The van der Waals surface area contributed by atoms with E-state index in [4.69, 9.17) is 5.26 Å². The van der Waals surface area contributed by atoms with Gasteiger partial charge in [0, 0.05) is 13.0 Å². The zero-order valence-corrected chi connectivity index (χ0v) is 9.05. The third-order valence-electron chi connectivity index (χ3n) is 1.87. The van der Waals surface area contributed by atoms with E-state index in [9.17, 15) is 4.79 Å². The molecule has 0 unspecified atom stereocenters. The minimum Gasteiger partial charge on any atom is -0.355 e. The number of nitrogens with one attached hydrogen (secondary N) is 1. The molecule has 0 rings (SSSR count). The molecule has 0 spiro atoms. The number of likely N-dealkylation sites (N-methyl/N-ethyl adjacent to an activating group) is 2. The molecule has 0 heterocycles. The quantitative estimate of drug-likeness (QED) is 0.613. The van der Waals surface area contributed by atoms with Gasteiger partial charge in [0.15, 0.2) is 0 Å². The summed E-state index contributed by atoms with van der Waals surface area (Å²) < 4.78 is 0. The van der Waals surface area contributed by atoms with Crippen LogP contribution in [-0.2, 0) is 4.79 Å². The summed E-state index contributed by atoms with van der Waals surface area (Å²) in [7, 11) is 1.92. The SMILES string of the molecule is CCNC(=O)CN(C)CCCCC#N. The van der Waals surface area contributed by atoms with Crippen molar-refractivity contribution < 1.29 is 4.79 Å². The van der Waals surface area contributed by atoms with Crippen molar-refractivity contribution in [2.45, 2.75) is 26.2 Å². The molecule has 0 radical (unpaired) electrons. The van der Waals surface area contributed by atoms with Crippen molar-refractivity contribution in [1.29, 1.82) is 5.26 Å². The summed E-state index contributed by atoms with van der Waals surface area (Å²) in [6.07, 6.45) is 2.49. The molecule has 14 heavy (non-hydrogen) atoms. The van der Waals surface area contributed by atoms with Gasteiger partial charge >= 0.3 is 0 Å². The second kappa shape index (κ2) is 8.52. The maximum absolute atomic E-state index is 11.1. The molecule has 0 saturated carbocycles. The zero-order valence-electron chi connectivity index (χ0n) is 9.05. The summed E-state index contributed by atoms with van der Waals surface area (Å²) in [4.78, 5) is 13.1. The largest absolute Gasteiger partial charge is 0.355 e. The van der Waals surface area contributed by atoms with Gasteiger partial charge in [-0.1, -0.05) is 0 Å². The fourth-order valence-corrected chi connectivity index (χ4v) is 1.16. The molecule has 4 heteroatoms. The van der Waals surface area contributed by atoms with Gasteiger partial charge in [0.25, 0.3) is 0 Å². The number of nitrogens with zero attached hydrogens (tertiary/aromatic N) is 2. The lowest BCUT2D eigenvalue weighted by molar-refractivity contribution is -0.121.